The number of primary amides is 1. The summed E-state index contributed by atoms with van der Waals surface area (Å²) in [7, 11) is 1.42. The summed E-state index contributed by atoms with van der Waals surface area (Å²) in [5.41, 5.74) is 7.39. The van der Waals surface area contributed by atoms with E-state index in [9.17, 15) is 9.18 Å². The summed E-state index contributed by atoms with van der Waals surface area (Å²) in [4.78, 5) is 11.4. The van der Waals surface area contributed by atoms with Crippen LogP contribution >= 0.6 is 0 Å². The number of fused-ring (bicyclic) bond motifs is 1. The first-order valence-electron chi connectivity index (χ1n) is 6.35. The maximum absolute atomic E-state index is 13.5. The summed E-state index contributed by atoms with van der Waals surface area (Å²) in [5, 5.41) is 0.758. The number of hydrogen-bond acceptors (Lipinski definition) is 2. The molecule has 0 saturated heterocycles. The number of carbonyl (C=O) groups is 1. The Morgan fingerprint density at radius 3 is 2.76 bits per heavy atom. The monoisotopic (exact) mass is 284 g/mol. The lowest BCUT2D eigenvalue weighted by Crippen LogP contribution is -2.11. The first-order chi connectivity index (χ1) is 10.1. The molecular formula is C16H13FN2O2. The summed E-state index contributed by atoms with van der Waals surface area (Å²) in [6.45, 7) is 0. The van der Waals surface area contributed by atoms with Gasteiger partial charge in [-0.25, -0.2) is 4.39 Å². The lowest BCUT2D eigenvalue weighted by molar-refractivity contribution is 0.100. The molecule has 0 aliphatic heterocycles. The van der Waals surface area contributed by atoms with Gasteiger partial charge in [-0.3, -0.25) is 4.79 Å². The van der Waals surface area contributed by atoms with Crippen LogP contribution in [0, 0.1) is 5.82 Å². The molecule has 1 amide bonds. The van der Waals surface area contributed by atoms with Crippen LogP contribution in [0.25, 0.3) is 16.6 Å². The number of hydrogen-bond donors (Lipinski definition) is 1. The molecule has 5 heteroatoms. The molecule has 0 bridgehead atoms. The number of ether oxygens (including phenoxy) is 1. The molecule has 106 valence electrons. The molecule has 0 fully saturated rings. The molecular weight excluding hydrogens is 271 g/mol. The molecule has 2 aromatic carbocycles. The van der Waals surface area contributed by atoms with Crippen LogP contribution in [0.1, 0.15) is 10.4 Å². The van der Waals surface area contributed by atoms with Crippen molar-refractivity contribution in [3.05, 3.63) is 60.0 Å². The second kappa shape index (κ2) is 4.94. The number of methoxy groups -OCH3 is 1. The van der Waals surface area contributed by atoms with Crippen molar-refractivity contribution in [1.82, 2.24) is 4.57 Å². The van der Waals surface area contributed by atoms with Gasteiger partial charge in [-0.1, -0.05) is 6.07 Å². The van der Waals surface area contributed by atoms with Crippen molar-refractivity contribution in [1.29, 1.82) is 0 Å². The Kier molecular flexibility index (Phi) is 3.10. The zero-order chi connectivity index (χ0) is 15.0. The number of benzene rings is 2. The van der Waals surface area contributed by atoms with Crippen LogP contribution in [-0.4, -0.2) is 17.6 Å². The molecule has 0 spiro atoms. The maximum Gasteiger partial charge on any atom is 0.249 e. The normalized spacial score (nSPS) is 10.8. The van der Waals surface area contributed by atoms with Crippen molar-refractivity contribution in [2.75, 3.05) is 7.11 Å². The van der Waals surface area contributed by atoms with Gasteiger partial charge in [-0.2, -0.15) is 0 Å². The smallest absolute Gasteiger partial charge is 0.249 e. The summed E-state index contributed by atoms with van der Waals surface area (Å²) >= 11 is 0. The van der Waals surface area contributed by atoms with E-state index in [1.165, 1.54) is 13.2 Å². The van der Waals surface area contributed by atoms with Crippen molar-refractivity contribution in [2.45, 2.75) is 0 Å². The Labute approximate surface area is 120 Å². The van der Waals surface area contributed by atoms with Gasteiger partial charge in [-0.15, -0.1) is 0 Å². The van der Waals surface area contributed by atoms with Crippen molar-refractivity contribution < 1.29 is 13.9 Å². The molecule has 4 nitrogen and oxygen atoms in total. The fraction of sp³-hybridized carbons (Fsp3) is 0.0625. The lowest BCUT2D eigenvalue weighted by atomic mass is 10.1. The van der Waals surface area contributed by atoms with E-state index in [0.29, 0.717) is 5.56 Å². The first-order valence-corrected chi connectivity index (χ1v) is 6.35. The largest absolute Gasteiger partial charge is 0.494 e. The van der Waals surface area contributed by atoms with E-state index in [-0.39, 0.29) is 5.75 Å². The van der Waals surface area contributed by atoms with Gasteiger partial charge in [0.1, 0.15) is 0 Å². The fourth-order valence-corrected chi connectivity index (χ4v) is 2.41. The van der Waals surface area contributed by atoms with Crippen molar-refractivity contribution in [3.8, 4) is 11.4 Å². The molecule has 0 aliphatic rings. The van der Waals surface area contributed by atoms with E-state index in [1.807, 2.05) is 22.9 Å². The van der Waals surface area contributed by atoms with Crippen LogP contribution in [0.2, 0.25) is 0 Å². The van der Waals surface area contributed by atoms with E-state index in [4.69, 9.17) is 10.5 Å². The Morgan fingerprint density at radius 1 is 1.24 bits per heavy atom. The Hall–Kier alpha value is -2.82. The third-order valence-corrected chi connectivity index (χ3v) is 3.41. The van der Waals surface area contributed by atoms with Gasteiger partial charge in [-0.05, 0) is 30.3 Å². The summed E-state index contributed by atoms with van der Waals surface area (Å²) < 4.78 is 20.3. The Bertz CT molecular complexity index is 839. The summed E-state index contributed by atoms with van der Waals surface area (Å²) in [5.74, 6) is -0.731. The fourth-order valence-electron chi connectivity index (χ4n) is 2.41. The highest BCUT2D eigenvalue weighted by molar-refractivity contribution is 6.06. The highest BCUT2D eigenvalue weighted by atomic mass is 19.1. The van der Waals surface area contributed by atoms with E-state index >= 15 is 0 Å². The van der Waals surface area contributed by atoms with Crippen molar-refractivity contribution >= 4 is 16.8 Å². The van der Waals surface area contributed by atoms with Crippen molar-refractivity contribution in [2.24, 2.45) is 5.73 Å². The van der Waals surface area contributed by atoms with Crippen molar-refractivity contribution in [3.63, 3.8) is 0 Å². The minimum Gasteiger partial charge on any atom is -0.494 e. The van der Waals surface area contributed by atoms with E-state index < -0.39 is 11.7 Å². The summed E-state index contributed by atoms with van der Waals surface area (Å²) in [6, 6.07) is 11.7. The van der Waals surface area contributed by atoms with Gasteiger partial charge in [0.25, 0.3) is 0 Å². The molecule has 0 unspecified atom stereocenters. The second-order valence-corrected chi connectivity index (χ2v) is 4.61. The highest BCUT2D eigenvalue weighted by Crippen LogP contribution is 2.26. The third-order valence-electron chi connectivity index (χ3n) is 3.41. The van der Waals surface area contributed by atoms with Crippen LogP contribution in [0.15, 0.2) is 48.7 Å². The molecule has 0 atom stereocenters. The quantitative estimate of drug-likeness (QED) is 0.804. The molecule has 0 radical (unpaired) electrons. The second-order valence-electron chi connectivity index (χ2n) is 4.61. The first kappa shape index (κ1) is 13.2. The maximum atomic E-state index is 13.5. The van der Waals surface area contributed by atoms with E-state index in [0.717, 1.165) is 16.6 Å². The number of rotatable bonds is 3. The molecule has 0 aliphatic carbocycles. The number of aromatic nitrogens is 1. The standard InChI is InChI=1S/C16H13FN2O2/c1-21-15-9-10(5-6-13(15)17)19-8-7-11-12(16(18)20)3-2-4-14(11)19/h2-9H,1H3,(H2,18,20). The zero-order valence-corrected chi connectivity index (χ0v) is 11.3. The molecule has 3 rings (SSSR count). The third kappa shape index (κ3) is 2.12. The number of nitrogens with two attached hydrogens (primary N) is 1. The minimum absolute atomic E-state index is 0.167. The Morgan fingerprint density at radius 2 is 2.05 bits per heavy atom. The van der Waals surface area contributed by atoms with E-state index in [2.05, 4.69) is 0 Å². The molecule has 1 heterocycles. The van der Waals surface area contributed by atoms with E-state index in [1.54, 1.807) is 24.3 Å². The van der Waals surface area contributed by atoms with Gasteiger partial charge in [0.15, 0.2) is 11.6 Å². The average Bonchev–Trinajstić information content (AvgIpc) is 2.91. The molecule has 1 aromatic heterocycles. The zero-order valence-electron chi connectivity index (χ0n) is 11.3. The molecule has 0 saturated carbocycles. The van der Waals surface area contributed by atoms with Gasteiger partial charge in [0.2, 0.25) is 5.91 Å². The number of nitrogens with zero attached hydrogens (tertiary/aromatic N) is 1. The molecule has 2 N–H and O–H groups in total. The molecule has 21 heavy (non-hydrogen) atoms. The van der Waals surface area contributed by atoms with Gasteiger partial charge >= 0.3 is 0 Å². The predicted octanol–water partition coefficient (Wildman–Crippen LogP) is 2.88. The average molecular weight is 284 g/mol. The van der Waals surface area contributed by atoms with Gasteiger partial charge < -0.3 is 15.0 Å². The van der Waals surface area contributed by atoms with Crippen LogP contribution in [0.4, 0.5) is 4.39 Å². The van der Waals surface area contributed by atoms with Crippen LogP contribution < -0.4 is 10.5 Å². The minimum atomic E-state index is -0.477. The van der Waals surface area contributed by atoms with Crippen LogP contribution in [0.5, 0.6) is 5.75 Å². The highest BCUT2D eigenvalue weighted by Gasteiger charge is 2.11. The van der Waals surface area contributed by atoms with Crippen LogP contribution in [-0.2, 0) is 0 Å². The lowest BCUT2D eigenvalue weighted by Gasteiger charge is -2.09. The number of carbonyl (C=O) groups excluding carboxylic acids is 1. The van der Waals surface area contributed by atoms with Gasteiger partial charge in [0.05, 0.1) is 12.6 Å². The SMILES string of the molecule is COc1cc(-n2ccc3c(C(N)=O)cccc32)ccc1F. The van der Waals surface area contributed by atoms with Crippen LogP contribution in [0.3, 0.4) is 0 Å². The van der Waals surface area contributed by atoms with Gasteiger partial charge in [0, 0.05) is 28.9 Å². The Balaban J connectivity index is 2.22. The topological polar surface area (TPSA) is 57.2 Å². The molecule has 3 aromatic rings. The summed E-state index contributed by atoms with van der Waals surface area (Å²) in [6.07, 6.45) is 1.81. The predicted molar refractivity (Wildman–Crippen MR) is 78.3 cm³/mol. The number of amides is 1. The number of halogens is 1.